The number of unbranched alkanes of at least 4 members (excludes halogenated alkanes) is 1. The van der Waals surface area contributed by atoms with Crippen LogP contribution in [0.25, 0.3) is 0 Å². The molecule has 0 saturated heterocycles. The highest BCUT2D eigenvalue weighted by Gasteiger charge is 2.06. The largest absolute Gasteiger partial charge is 0.356 e. The van der Waals surface area contributed by atoms with Crippen molar-refractivity contribution in [2.45, 2.75) is 37.5 Å². The summed E-state index contributed by atoms with van der Waals surface area (Å²) in [5.74, 6) is 0.587. The molecule has 1 aromatic rings. The van der Waals surface area contributed by atoms with Gasteiger partial charge in [-0.3, -0.25) is 9.00 Å². The molecule has 0 fully saturated rings. The molecule has 0 aliphatic rings. The highest BCUT2D eigenvalue weighted by atomic mass is 79.9. The summed E-state index contributed by atoms with van der Waals surface area (Å²) < 4.78 is 12.9. The fraction of sp³-hybridized carbons (Fsp3) is 0.500. The average Bonchev–Trinajstić information content (AvgIpc) is 2.39. The van der Waals surface area contributed by atoms with Crippen LogP contribution in [0, 0.1) is 0 Å². The minimum absolute atomic E-state index is 0.0567. The Hall–Kier alpha value is -0.680. The Bertz CT molecular complexity index is 420. The van der Waals surface area contributed by atoms with E-state index in [9.17, 15) is 9.00 Å². The summed E-state index contributed by atoms with van der Waals surface area (Å²) >= 11 is 3.34. The van der Waals surface area contributed by atoms with Crippen molar-refractivity contribution in [2.24, 2.45) is 0 Å². The molecule has 106 valence electrons. The summed E-state index contributed by atoms with van der Waals surface area (Å²) in [4.78, 5) is 12.3. The van der Waals surface area contributed by atoms with Crippen LogP contribution in [0.15, 0.2) is 33.6 Å². The molecular weight excluding hydrogens is 326 g/mol. The lowest BCUT2D eigenvalue weighted by atomic mass is 10.3. The highest BCUT2D eigenvalue weighted by Crippen LogP contribution is 2.14. The van der Waals surface area contributed by atoms with E-state index in [0.29, 0.717) is 18.6 Å². The Morgan fingerprint density at radius 1 is 1.26 bits per heavy atom. The number of nitrogens with one attached hydrogen (secondary N) is 1. The van der Waals surface area contributed by atoms with Crippen LogP contribution in [0.5, 0.6) is 0 Å². The maximum atomic E-state index is 12.0. The van der Waals surface area contributed by atoms with Crippen molar-refractivity contribution in [1.29, 1.82) is 0 Å². The standard InChI is InChI=1S/C14H20BrNO2S/c1-2-3-10-16-14(17)5-4-11-19(18)13-8-6-12(15)7-9-13/h6-9H,2-5,10-11H2,1H3,(H,16,17)/t19-/m1/s1. The lowest BCUT2D eigenvalue weighted by Gasteiger charge is -2.04. The van der Waals surface area contributed by atoms with E-state index in [-0.39, 0.29) is 5.91 Å². The van der Waals surface area contributed by atoms with Crippen molar-refractivity contribution < 1.29 is 9.00 Å². The molecule has 1 aromatic carbocycles. The second kappa shape index (κ2) is 9.26. The fourth-order valence-electron chi connectivity index (χ4n) is 1.56. The van der Waals surface area contributed by atoms with Crippen LogP contribution in [0.4, 0.5) is 0 Å². The van der Waals surface area contributed by atoms with Gasteiger partial charge in [0.1, 0.15) is 0 Å². The van der Waals surface area contributed by atoms with Crippen molar-refractivity contribution in [3.63, 3.8) is 0 Å². The maximum absolute atomic E-state index is 12.0. The average molecular weight is 346 g/mol. The topological polar surface area (TPSA) is 46.2 Å². The number of benzene rings is 1. The van der Waals surface area contributed by atoms with Crippen LogP contribution in [0.2, 0.25) is 0 Å². The first-order valence-corrected chi connectivity index (χ1v) is 8.65. The second-order valence-corrected chi connectivity index (χ2v) is 6.80. The molecule has 0 heterocycles. The molecule has 1 amide bonds. The van der Waals surface area contributed by atoms with Gasteiger partial charge in [0.25, 0.3) is 0 Å². The minimum Gasteiger partial charge on any atom is -0.356 e. The number of halogens is 1. The van der Waals surface area contributed by atoms with Gasteiger partial charge in [0.2, 0.25) is 5.91 Å². The van der Waals surface area contributed by atoms with Gasteiger partial charge >= 0.3 is 0 Å². The Balaban J connectivity index is 2.23. The van der Waals surface area contributed by atoms with Crippen LogP contribution in [0.3, 0.4) is 0 Å². The molecule has 0 spiro atoms. The third-order valence-electron chi connectivity index (χ3n) is 2.66. The first-order valence-electron chi connectivity index (χ1n) is 6.54. The lowest BCUT2D eigenvalue weighted by Crippen LogP contribution is -2.24. The van der Waals surface area contributed by atoms with Gasteiger partial charge < -0.3 is 5.32 Å². The van der Waals surface area contributed by atoms with Crippen LogP contribution in [0.1, 0.15) is 32.6 Å². The molecule has 0 saturated carbocycles. The predicted molar refractivity (Wildman–Crippen MR) is 82.6 cm³/mol. The summed E-state index contributed by atoms with van der Waals surface area (Å²) in [5, 5.41) is 2.86. The summed E-state index contributed by atoms with van der Waals surface area (Å²) in [6.45, 7) is 2.83. The summed E-state index contributed by atoms with van der Waals surface area (Å²) in [6, 6.07) is 7.46. The molecule has 1 rings (SSSR count). The van der Waals surface area contributed by atoms with Gasteiger partial charge in [0.15, 0.2) is 0 Å². The molecule has 0 aliphatic carbocycles. The van der Waals surface area contributed by atoms with Crippen molar-refractivity contribution in [3.8, 4) is 0 Å². The van der Waals surface area contributed by atoms with E-state index in [4.69, 9.17) is 0 Å². The van der Waals surface area contributed by atoms with Crippen LogP contribution >= 0.6 is 15.9 Å². The minimum atomic E-state index is -1.02. The molecule has 0 aliphatic heterocycles. The number of hydrogen-bond donors (Lipinski definition) is 1. The van der Waals surface area contributed by atoms with Crippen LogP contribution < -0.4 is 5.32 Å². The quantitative estimate of drug-likeness (QED) is 0.735. The highest BCUT2D eigenvalue weighted by molar-refractivity contribution is 9.10. The lowest BCUT2D eigenvalue weighted by molar-refractivity contribution is -0.121. The number of amides is 1. The zero-order chi connectivity index (χ0) is 14.1. The first-order chi connectivity index (χ1) is 9.13. The van der Waals surface area contributed by atoms with E-state index in [1.165, 1.54) is 0 Å². The van der Waals surface area contributed by atoms with E-state index < -0.39 is 10.8 Å². The first kappa shape index (κ1) is 16.4. The number of hydrogen-bond acceptors (Lipinski definition) is 2. The molecular formula is C14H20BrNO2S. The maximum Gasteiger partial charge on any atom is 0.220 e. The third kappa shape index (κ3) is 6.87. The van der Waals surface area contributed by atoms with Crippen molar-refractivity contribution in [1.82, 2.24) is 5.32 Å². The Labute approximate surface area is 125 Å². The van der Waals surface area contributed by atoms with Crippen LogP contribution in [-0.4, -0.2) is 22.4 Å². The van der Waals surface area contributed by atoms with Crippen molar-refractivity contribution >= 4 is 32.6 Å². The number of rotatable bonds is 8. The summed E-state index contributed by atoms with van der Waals surface area (Å²) in [5.41, 5.74) is 0. The molecule has 0 radical (unpaired) electrons. The van der Waals surface area contributed by atoms with E-state index in [0.717, 1.165) is 28.8 Å². The van der Waals surface area contributed by atoms with Gasteiger partial charge in [-0.05, 0) is 37.1 Å². The number of carbonyl (C=O) groups excluding carboxylic acids is 1. The van der Waals surface area contributed by atoms with Crippen molar-refractivity contribution in [2.75, 3.05) is 12.3 Å². The van der Waals surface area contributed by atoms with Gasteiger partial charge in [-0.2, -0.15) is 0 Å². The zero-order valence-electron chi connectivity index (χ0n) is 11.2. The molecule has 3 nitrogen and oxygen atoms in total. The van der Waals surface area contributed by atoms with E-state index >= 15 is 0 Å². The van der Waals surface area contributed by atoms with E-state index in [1.54, 1.807) is 0 Å². The Morgan fingerprint density at radius 2 is 1.95 bits per heavy atom. The van der Waals surface area contributed by atoms with E-state index in [2.05, 4.69) is 28.2 Å². The number of carbonyl (C=O) groups is 1. The fourth-order valence-corrected chi connectivity index (χ4v) is 2.91. The third-order valence-corrected chi connectivity index (χ3v) is 4.65. The Kier molecular flexibility index (Phi) is 7.98. The van der Waals surface area contributed by atoms with Crippen LogP contribution in [-0.2, 0) is 15.6 Å². The molecule has 1 N–H and O–H groups in total. The molecule has 5 heteroatoms. The van der Waals surface area contributed by atoms with Gasteiger partial charge in [-0.15, -0.1) is 0 Å². The molecule has 0 unspecified atom stereocenters. The smallest absolute Gasteiger partial charge is 0.220 e. The molecule has 0 aromatic heterocycles. The predicted octanol–water partition coefficient (Wildman–Crippen LogP) is 3.25. The monoisotopic (exact) mass is 345 g/mol. The molecule has 1 atom stereocenters. The Morgan fingerprint density at radius 3 is 2.58 bits per heavy atom. The van der Waals surface area contributed by atoms with Gasteiger partial charge in [-0.1, -0.05) is 29.3 Å². The zero-order valence-corrected chi connectivity index (χ0v) is 13.6. The van der Waals surface area contributed by atoms with Crippen molar-refractivity contribution in [3.05, 3.63) is 28.7 Å². The van der Waals surface area contributed by atoms with E-state index in [1.807, 2.05) is 24.3 Å². The second-order valence-electron chi connectivity index (χ2n) is 4.31. The summed E-state index contributed by atoms with van der Waals surface area (Å²) in [7, 11) is -1.02. The summed E-state index contributed by atoms with van der Waals surface area (Å²) in [6.07, 6.45) is 3.19. The molecule has 0 bridgehead atoms. The molecule has 19 heavy (non-hydrogen) atoms. The normalized spacial score (nSPS) is 12.1. The van der Waals surface area contributed by atoms with Gasteiger partial charge in [0, 0.05) is 28.1 Å². The van der Waals surface area contributed by atoms with Gasteiger partial charge in [0.05, 0.1) is 10.8 Å². The van der Waals surface area contributed by atoms with Gasteiger partial charge in [-0.25, -0.2) is 0 Å². The SMILES string of the molecule is CCCCNC(=O)CCC[S@@](=O)c1ccc(Br)cc1.